The fourth-order valence-electron chi connectivity index (χ4n) is 1.25. The maximum absolute atomic E-state index is 5.98. The largest absolute Gasteiger partial charge is 0.378 e. The summed E-state index contributed by atoms with van der Waals surface area (Å²) >= 11 is 5.98. The van der Waals surface area contributed by atoms with Crippen molar-refractivity contribution in [2.24, 2.45) is 0 Å². The molecule has 5 heteroatoms. The van der Waals surface area contributed by atoms with Crippen molar-refractivity contribution in [1.82, 2.24) is 15.2 Å². The molecule has 0 spiro atoms. The monoisotopic (exact) mass is 222 g/mol. The van der Waals surface area contributed by atoms with Gasteiger partial charge < -0.3 is 5.32 Å². The molecule has 2 rings (SSSR count). The Morgan fingerprint density at radius 2 is 2.33 bits per heavy atom. The lowest BCUT2D eigenvalue weighted by atomic mass is 10.2. The number of aromatic amines is 1. The number of hydrogen-bond donors (Lipinski definition) is 2. The molecule has 0 amide bonds. The van der Waals surface area contributed by atoms with Crippen LogP contribution in [0.4, 0.5) is 5.69 Å². The average Bonchev–Trinajstić information content (AvgIpc) is 2.63. The van der Waals surface area contributed by atoms with Crippen molar-refractivity contribution in [3.63, 3.8) is 0 Å². The van der Waals surface area contributed by atoms with E-state index in [1.54, 1.807) is 24.7 Å². The molecule has 0 fully saturated rings. The van der Waals surface area contributed by atoms with E-state index in [1.807, 2.05) is 6.92 Å². The van der Waals surface area contributed by atoms with E-state index in [2.05, 4.69) is 20.5 Å². The van der Waals surface area contributed by atoms with Gasteiger partial charge in [-0.1, -0.05) is 11.6 Å². The van der Waals surface area contributed by atoms with E-state index in [-0.39, 0.29) is 0 Å². The number of aryl methyl sites for hydroxylation is 1. The first-order valence-electron chi connectivity index (χ1n) is 4.59. The van der Waals surface area contributed by atoms with E-state index in [0.717, 1.165) is 16.9 Å². The zero-order chi connectivity index (χ0) is 10.7. The maximum atomic E-state index is 5.98. The minimum absolute atomic E-state index is 0.672. The Labute approximate surface area is 92.7 Å². The number of nitrogens with zero attached hydrogens (tertiary/aromatic N) is 2. The van der Waals surface area contributed by atoms with Crippen LogP contribution in [0, 0.1) is 6.92 Å². The van der Waals surface area contributed by atoms with Crippen LogP contribution in [0.3, 0.4) is 0 Å². The summed E-state index contributed by atoms with van der Waals surface area (Å²) in [5, 5.41) is 10.7. The summed E-state index contributed by atoms with van der Waals surface area (Å²) in [7, 11) is 0. The molecule has 2 aromatic heterocycles. The number of hydrogen-bond acceptors (Lipinski definition) is 3. The van der Waals surface area contributed by atoms with Crippen LogP contribution >= 0.6 is 11.6 Å². The zero-order valence-electron chi connectivity index (χ0n) is 8.29. The fourth-order valence-corrected chi connectivity index (χ4v) is 1.42. The number of aromatic nitrogens is 3. The van der Waals surface area contributed by atoms with Gasteiger partial charge in [0.05, 0.1) is 23.1 Å². The van der Waals surface area contributed by atoms with Crippen LogP contribution in [0.15, 0.2) is 24.7 Å². The van der Waals surface area contributed by atoms with Gasteiger partial charge in [-0.3, -0.25) is 10.1 Å². The summed E-state index contributed by atoms with van der Waals surface area (Å²) in [4.78, 5) is 4.00. The van der Waals surface area contributed by atoms with E-state index in [0.29, 0.717) is 11.6 Å². The Bertz CT molecular complexity index is 452. The van der Waals surface area contributed by atoms with Crippen molar-refractivity contribution in [2.45, 2.75) is 13.5 Å². The molecule has 0 aromatic carbocycles. The molecule has 0 saturated carbocycles. The molecular weight excluding hydrogens is 212 g/mol. The Hall–Kier alpha value is -1.55. The first-order chi connectivity index (χ1) is 7.27. The number of nitrogens with one attached hydrogen (secondary N) is 2. The van der Waals surface area contributed by atoms with Crippen molar-refractivity contribution in [3.8, 4) is 0 Å². The van der Waals surface area contributed by atoms with E-state index in [1.165, 1.54) is 0 Å². The minimum Gasteiger partial charge on any atom is -0.378 e. The van der Waals surface area contributed by atoms with Gasteiger partial charge in [0.15, 0.2) is 0 Å². The lowest BCUT2D eigenvalue weighted by Crippen LogP contribution is -2.00. The van der Waals surface area contributed by atoms with Crippen molar-refractivity contribution < 1.29 is 0 Å². The number of rotatable bonds is 3. The highest BCUT2D eigenvalue weighted by molar-refractivity contribution is 6.33. The third kappa shape index (κ3) is 2.27. The van der Waals surface area contributed by atoms with Gasteiger partial charge >= 0.3 is 0 Å². The highest BCUT2D eigenvalue weighted by Crippen LogP contribution is 2.19. The molecule has 0 saturated heterocycles. The lowest BCUT2D eigenvalue weighted by Gasteiger charge is -2.06. The summed E-state index contributed by atoms with van der Waals surface area (Å²) < 4.78 is 0. The summed E-state index contributed by atoms with van der Waals surface area (Å²) in [5.74, 6) is 0. The molecule has 0 aliphatic carbocycles. The summed E-state index contributed by atoms with van der Waals surface area (Å²) in [6.45, 7) is 2.67. The Balaban J connectivity index is 2.06. The van der Waals surface area contributed by atoms with Gasteiger partial charge in [-0.2, -0.15) is 5.10 Å². The molecule has 0 aliphatic rings. The van der Waals surface area contributed by atoms with Crippen LogP contribution < -0.4 is 5.32 Å². The van der Waals surface area contributed by atoms with Crippen LogP contribution in [0.2, 0.25) is 5.02 Å². The second kappa shape index (κ2) is 4.31. The minimum atomic E-state index is 0.672. The van der Waals surface area contributed by atoms with Gasteiger partial charge in [-0.05, 0) is 13.0 Å². The lowest BCUT2D eigenvalue weighted by molar-refractivity contribution is 1.04. The maximum Gasteiger partial charge on any atom is 0.0718 e. The molecule has 0 aliphatic heterocycles. The Morgan fingerprint density at radius 1 is 1.47 bits per heavy atom. The highest BCUT2D eigenvalue weighted by Gasteiger charge is 2.02. The highest BCUT2D eigenvalue weighted by atomic mass is 35.5. The predicted molar refractivity (Wildman–Crippen MR) is 59.9 cm³/mol. The van der Waals surface area contributed by atoms with E-state index < -0.39 is 0 Å². The van der Waals surface area contributed by atoms with Gasteiger partial charge in [-0.25, -0.2) is 0 Å². The molecule has 0 atom stereocenters. The number of halogens is 1. The van der Waals surface area contributed by atoms with Crippen molar-refractivity contribution in [2.75, 3.05) is 5.32 Å². The fraction of sp³-hybridized carbons (Fsp3) is 0.200. The second-order valence-electron chi connectivity index (χ2n) is 3.23. The first-order valence-corrected chi connectivity index (χ1v) is 4.97. The Kier molecular flexibility index (Phi) is 2.87. The zero-order valence-corrected chi connectivity index (χ0v) is 9.04. The third-order valence-electron chi connectivity index (χ3n) is 2.17. The third-order valence-corrected chi connectivity index (χ3v) is 2.50. The quantitative estimate of drug-likeness (QED) is 0.839. The van der Waals surface area contributed by atoms with Crippen LogP contribution in [0.1, 0.15) is 11.3 Å². The average molecular weight is 223 g/mol. The van der Waals surface area contributed by atoms with Crippen LogP contribution in [-0.2, 0) is 6.54 Å². The SMILES string of the molecule is Cc1[nH]ncc1CNc1cnccc1Cl. The van der Waals surface area contributed by atoms with Gasteiger partial charge in [0.2, 0.25) is 0 Å². The molecule has 0 bridgehead atoms. The van der Waals surface area contributed by atoms with Crippen LogP contribution in [0.5, 0.6) is 0 Å². The van der Waals surface area contributed by atoms with E-state index in [9.17, 15) is 0 Å². The number of H-pyrrole nitrogens is 1. The summed E-state index contributed by atoms with van der Waals surface area (Å²) in [6, 6.07) is 1.76. The Morgan fingerprint density at radius 3 is 3.00 bits per heavy atom. The van der Waals surface area contributed by atoms with Crippen LogP contribution in [0.25, 0.3) is 0 Å². The molecule has 2 heterocycles. The van der Waals surface area contributed by atoms with Crippen molar-refractivity contribution >= 4 is 17.3 Å². The molecule has 2 N–H and O–H groups in total. The standard InChI is InChI=1S/C10H11ClN4/c1-7-8(5-14-15-7)4-13-10-6-12-3-2-9(10)11/h2-3,5-6,13H,4H2,1H3,(H,14,15). The molecule has 0 radical (unpaired) electrons. The smallest absolute Gasteiger partial charge is 0.0718 e. The summed E-state index contributed by atoms with van der Waals surface area (Å²) in [5.41, 5.74) is 3.01. The van der Waals surface area contributed by atoms with Gasteiger partial charge in [0.1, 0.15) is 0 Å². The van der Waals surface area contributed by atoms with E-state index >= 15 is 0 Å². The molecule has 4 nitrogen and oxygen atoms in total. The van der Waals surface area contributed by atoms with Gasteiger partial charge in [0.25, 0.3) is 0 Å². The molecule has 78 valence electrons. The molecule has 0 unspecified atom stereocenters. The van der Waals surface area contributed by atoms with Gasteiger partial charge in [-0.15, -0.1) is 0 Å². The molecular formula is C10H11ClN4. The molecule has 2 aromatic rings. The predicted octanol–water partition coefficient (Wildman–Crippen LogP) is 2.38. The normalized spacial score (nSPS) is 10.3. The van der Waals surface area contributed by atoms with E-state index in [4.69, 9.17) is 11.6 Å². The molecule has 15 heavy (non-hydrogen) atoms. The summed E-state index contributed by atoms with van der Waals surface area (Å²) in [6.07, 6.45) is 5.17. The second-order valence-corrected chi connectivity index (χ2v) is 3.64. The van der Waals surface area contributed by atoms with Crippen molar-refractivity contribution in [3.05, 3.63) is 40.9 Å². The first kappa shape index (κ1) is 9.98. The topological polar surface area (TPSA) is 53.6 Å². The van der Waals surface area contributed by atoms with Gasteiger partial charge in [0, 0.05) is 24.0 Å². The number of anilines is 1. The van der Waals surface area contributed by atoms with Crippen LogP contribution in [-0.4, -0.2) is 15.2 Å². The number of pyridine rings is 1. The van der Waals surface area contributed by atoms with Crippen molar-refractivity contribution in [1.29, 1.82) is 0 Å².